The van der Waals surface area contributed by atoms with Gasteiger partial charge in [-0.25, -0.2) is 0 Å². The lowest BCUT2D eigenvalue weighted by Gasteiger charge is -2.05. The molecule has 0 aliphatic carbocycles. The molecule has 0 amide bonds. The average Bonchev–Trinajstić information content (AvgIpc) is 2.38. The first-order chi connectivity index (χ1) is 4.84. The van der Waals surface area contributed by atoms with E-state index in [9.17, 15) is 0 Å². The molecule has 0 saturated carbocycles. The van der Waals surface area contributed by atoms with E-state index in [1.165, 1.54) is 0 Å². The van der Waals surface area contributed by atoms with Crippen molar-refractivity contribution in [1.82, 2.24) is 5.32 Å². The summed E-state index contributed by atoms with van der Waals surface area (Å²) >= 11 is 0. The fourth-order valence-electron chi connectivity index (χ4n) is 1.06. The van der Waals surface area contributed by atoms with E-state index in [1.807, 2.05) is 0 Å². The van der Waals surface area contributed by atoms with E-state index >= 15 is 0 Å². The SMILES string of the molecule is N=N/N=C(\N)[C@H]1CCCN1.[HH].[HH]. The molecular formula is C5H15N5. The van der Waals surface area contributed by atoms with Crippen molar-refractivity contribution in [3.05, 3.63) is 0 Å². The van der Waals surface area contributed by atoms with Crippen LogP contribution in [-0.4, -0.2) is 18.4 Å². The smallest absolute Gasteiger partial charge is 0.141 e. The number of hydrogen-bond acceptors (Lipinski definition) is 3. The minimum absolute atomic E-state index is 0. The maximum Gasteiger partial charge on any atom is 0.141 e. The highest BCUT2D eigenvalue weighted by molar-refractivity contribution is 5.85. The molecular weight excluding hydrogens is 130 g/mol. The molecule has 1 aliphatic heterocycles. The van der Waals surface area contributed by atoms with Crippen LogP contribution in [0.3, 0.4) is 0 Å². The third kappa shape index (κ3) is 1.51. The second-order valence-electron chi connectivity index (χ2n) is 2.27. The monoisotopic (exact) mass is 145 g/mol. The van der Waals surface area contributed by atoms with Gasteiger partial charge in [-0.2, -0.15) is 5.53 Å². The van der Waals surface area contributed by atoms with Crippen molar-refractivity contribution in [2.24, 2.45) is 16.1 Å². The summed E-state index contributed by atoms with van der Waals surface area (Å²) in [7, 11) is 0. The van der Waals surface area contributed by atoms with Crippen molar-refractivity contribution >= 4 is 5.84 Å². The Bertz CT molecular complexity index is 154. The van der Waals surface area contributed by atoms with Crippen LogP contribution >= 0.6 is 0 Å². The minimum Gasteiger partial charge on any atom is -0.384 e. The van der Waals surface area contributed by atoms with Gasteiger partial charge in [0.2, 0.25) is 0 Å². The number of rotatable bonds is 2. The minimum atomic E-state index is 0. The molecule has 0 radical (unpaired) electrons. The summed E-state index contributed by atoms with van der Waals surface area (Å²) in [4.78, 5) is 0. The van der Waals surface area contributed by atoms with E-state index in [-0.39, 0.29) is 8.90 Å². The maximum atomic E-state index is 6.43. The fraction of sp³-hybridized carbons (Fsp3) is 0.800. The first kappa shape index (κ1) is 7.14. The van der Waals surface area contributed by atoms with E-state index in [2.05, 4.69) is 15.6 Å². The molecule has 60 valence electrons. The van der Waals surface area contributed by atoms with Crippen molar-refractivity contribution in [2.45, 2.75) is 18.9 Å². The molecule has 5 heteroatoms. The molecule has 1 rings (SSSR count). The van der Waals surface area contributed by atoms with Gasteiger partial charge in [0.15, 0.2) is 0 Å². The van der Waals surface area contributed by atoms with Crippen molar-refractivity contribution in [2.75, 3.05) is 6.54 Å². The molecule has 0 aromatic rings. The molecule has 1 aliphatic rings. The van der Waals surface area contributed by atoms with Gasteiger partial charge in [-0.05, 0) is 19.4 Å². The van der Waals surface area contributed by atoms with Crippen molar-refractivity contribution in [1.29, 1.82) is 5.53 Å². The van der Waals surface area contributed by atoms with E-state index in [0.717, 1.165) is 19.4 Å². The van der Waals surface area contributed by atoms with E-state index in [1.54, 1.807) is 0 Å². The van der Waals surface area contributed by atoms with Crippen LogP contribution in [0.2, 0.25) is 0 Å². The molecule has 1 heterocycles. The Morgan fingerprint density at radius 2 is 2.60 bits per heavy atom. The topological polar surface area (TPSA) is 86.6 Å². The summed E-state index contributed by atoms with van der Waals surface area (Å²) in [5, 5.41) is 9.43. The van der Waals surface area contributed by atoms with Gasteiger partial charge in [-0.15, -0.1) is 5.10 Å². The summed E-state index contributed by atoms with van der Waals surface area (Å²) in [5.74, 6) is 0.424. The highest BCUT2D eigenvalue weighted by Gasteiger charge is 2.17. The van der Waals surface area contributed by atoms with Gasteiger partial charge in [0.1, 0.15) is 5.84 Å². The standard InChI is InChI=1S/C5H11N5.2H2/c6-5(9-10-7)4-2-1-3-8-4;;/h4,8H,1-3H2,(H3,6,7,9);2*1H/t4-;;/m1../s1. The van der Waals surface area contributed by atoms with E-state index < -0.39 is 0 Å². The summed E-state index contributed by atoms with van der Waals surface area (Å²) in [6, 6.07) is 0.147. The van der Waals surface area contributed by atoms with Gasteiger partial charge in [0, 0.05) is 2.85 Å². The first-order valence-electron chi connectivity index (χ1n) is 3.28. The van der Waals surface area contributed by atoms with Crippen LogP contribution in [-0.2, 0) is 0 Å². The van der Waals surface area contributed by atoms with Crippen LogP contribution in [0.5, 0.6) is 0 Å². The number of nitrogens with one attached hydrogen (secondary N) is 2. The maximum absolute atomic E-state index is 6.43. The number of amidine groups is 1. The van der Waals surface area contributed by atoms with Gasteiger partial charge in [0.05, 0.1) is 6.04 Å². The van der Waals surface area contributed by atoms with Crippen molar-refractivity contribution in [3.8, 4) is 0 Å². The van der Waals surface area contributed by atoms with Crippen LogP contribution in [0.15, 0.2) is 10.3 Å². The van der Waals surface area contributed by atoms with Crippen LogP contribution < -0.4 is 11.1 Å². The van der Waals surface area contributed by atoms with Crippen LogP contribution in [0.25, 0.3) is 0 Å². The van der Waals surface area contributed by atoms with E-state index in [0.29, 0.717) is 5.84 Å². The molecule has 5 nitrogen and oxygen atoms in total. The van der Waals surface area contributed by atoms with Crippen LogP contribution in [0, 0.1) is 5.53 Å². The zero-order valence-corrected chi connectivity index (χ0v) is 5.67. The molecule has 0 aromatic heterocycles. The largest absolute Gasteiger partial charge is 0.384 e. The lowest BCUT2D eigenvalue weighted by atomic mass is 10.2. The van der Waals surface area contributed by atoms with Gasteiger partial charge in [-0.1, -0.05) is 5.22 Å². The third-order valence-electron chi connectivity index (χ3n) is 1.58. The van der Waals surface area contributed by atoms with Crippen molar-refractivity contribution < 1.29 is 2.85 Å². The average molecular weight is 145 g/mol. The van der Waals surface area contributed by atoms with Crippen molar-refractivity contribution in [3.63, 3.8) is 0 Å². The Balaban J connectivity index is 0. The Kier molecular flexibility index (Phi) is 2.33. The molecule has 10 heavy (non-hydrogen) atoms. The Morgan fingerprint density at radius 3 is 3.10 bits per heavy atom. The highest BCUT2D eigenvalue weighted by Crippen LogP contribution is 2.04. The molecule has 1 fully saturated rings. The molecule has 0 spiro atoms. The quantitative estimate of drug-likeness (QED) is 0.229. The zero-order valence-electron chi connectivity index (χ0n) is 5.67. The number of hydrogen-bond donors (Lipinski definition) is 3. The van der Waals surface area contributed by atoms with Crippen LogP contribution in [0.4, 0.5) is 0 Å². The second kappa shape index (κ2) is 3.26. The molecule has 1 atom stereocenters. The number of nitrogens with zero attached hydrogens (tertiary/aromatic N) is 2. The fourth-order valence-corrected chi connectivity index (χ4v) is 1.06. The van der Waals surface area contributed by atoms with Crippen LogP contribution in [0.1, 0.15) is 15.7 Å². The highest BCUT2D eigenvalue weighted by atomic mass is 15.3. The zero-order chi connectivity index (χ0) is 7.40. The number of nitrogens with two attached hydrogens (primary N) is 1. The Hall–Kier alpha value is -0.970. The molecule has 0 bridgehead atoms. The predicted molar refractivity (Wildman–Crippen MR) is 42.0 cm³/mol. The lowest BCUT2D eigenvalue weighted by molar-refractivity contribution is 0.748. The van der Waals surface area contributed by atoms with Gasteiger partial charge >= 0.3 is 0 Å². The summed E-state index contributed by atoms with van der Waals surface area (Å²) in [6.07, 6.45) is 2.13. The van der Waals surface area contributed by atoms with Gasteiger partial charge in [-0.3, -0.25) is 0 Å². The predicted octanol–water partition coefficient (Wildman–Crippen LogP) is 0.534. The van der Waals surface area contributed by atoms with Gasteiger partial charge in [0.25, 0.3) is 0 Å². The molecule has 1 saturated heterocycles. The molecule has 4 N–H and O–H groups in total. The van der Waals surface area contributed by atoms with E-state index in [4.69, 9.17) is 11.3 Å². The molecule has 0 aromatic carbocycles. The third-order valence-corrected chi connectivity index (χ3v) is 1.58. The summed E-state index contributed by atoms with van der Waals surface area (Å²) in [5.41, 5.74) is 11.9. The van der Waals surface area contributed by atoms with Gasteiger partial charge < -0.3 is 11.1 Å². The lowest BCUT2D eigenvalue weighted by Crippen LogP contribution is -2.36. The second-order valence-corrected chi connectivity index (χ2v) is 2.27. The Labute approximate surface area is 62.2 Å². The Morgan fingerprint density at radius 1 is 1.80 bits per heavy atom. The summed E-state index contributed by atoms with van der Waals surface area (Å²) in [6.45, 7) is 0.985. The first-order valence-corrected chi connectivity index (χ1v) is 3.28. The normalized spacial score (nSPS) is 26.8. The molecule has 0 unspecified atom stereocenters. The summed E-state index contributed by atoms with van der Waals surface area (Å²) < 4.78 is 0.